The minimum atomic E-state index is -0.796. The molecule has 6 nitrogen and oxygen atoms in total. The molecule has 31 heavy (non-hydrogen) atoms. The number of ether oxygens (including phenoxy) is 1. The first kappa shape index (κ1) is 22.7. The highest BCUT2D eigenvalue weighted by atomic mass is 35.5. The van der Waals surface area contributed by atoms with E-state index in [4.69, 9.17) is 16.3 Å². The van der Waals surface area contributed by atoms with Crippen molar-refractivity contribution in [2.45, 2.75) is 39.2 Å². The number of hydrogen-bond acceptors (Lipinski definition) is 5. The Morgan fingerprint density at radius 2 is 1.90 bits per heavy atom. The van der Waals surface area contributed by atoms with Crippen molar-refractivity contribution < 1.29 is 24.5 Å². The van der Waals surface area contributed by atoms with E-state index in [0.717, 1.165) is 19.3 Å². The molecule has 2 N–H and O–H groups in total. The highest BCUT2D eigenvalue weighted by Crippen LogP contribution is 2.42. The summed E-state index contributed by atoms with van der Waals surface area (Å²) in [5, 5.41) is 21.5. The number of carbonyl (C=O) groups excluding carboxylic acids is 2. The number of amides is 1. The van der Waals surface area contributed by atoms with E-state index in [0.29, 0.717) is 29.3 Å². The number of benzene rings is 2. The van der Waals surface area contributed by atoms with Gasteiger partial charge in [0.2, 0.25) is 0 Å². The smallest absolute Gasteiger partial charge is 0.295 e. The molecule has 1 fully saturated rings. The third-order valence-electron chi connectivity index (χ3n) is 5.24. The van der Waals surface area contributed by atoms with Crippen LogP contribution in [-0.2, 0) is 9.59 Å². The number of likely N-dealkylation sites (tertiary alicyclic amines) is 1. The molecule has 0 aliphatic carbocycles. The molecule has 1 unspecified atom stereocenters. The molecule has 1 saturated heterocycles. The Bertz CT molecular complexity index is 1020. The number of carbonyl (C=O) groups is 2. The summed E-state index contributed by atoms with van der Waals surface area (Å²) in [7, 11) is 0. The van der Waals surface area contributed by atoms with Gasteiger partial charge in [-0.2, -0.15) is 0 Å². The number of aromatic hydroxyl groups is 1. The van der Waals surface area contributed by atoms with Crippen LogP contribution in [0.4, 0.5) is 0 Å². The predicted molar refractivity (Wildman–Crippen MR) is 119 cm³/mol. The summed E-state index contributed by atoms with van der Waals surface area (Å²) >= 11 is 6.06. The summed E-state index contributed by atoms with van der Waals surface area (Å²) in [6.07, 6.45) is 2.60. The molecule has 0 bridgehead atoms. The number of Topliss-reactive ketones (excluding diaryl/α,β-unsaturated/α-hetero) is 1. The van der Waals surface area contributed by atoms with Crippen LogP contribution in [0.15, 0.2) is 48.0 Å². The van der Waals surface area contributed by atoms with Crippen LogP contribution >= 0.6 is 11.6 Å². The van der Waals surface area contributed by atoms with Crippen molar-refractivity contribution in [1.82, 2.24) is 4.90 Å². The fraction of sp³-hybridized carbons (Fsp3) is 0.333. The molecule has 0 spiro atoms. The number of phenols is 1. The van der Waals surface area contributed by atoms with Gasteiger partial charge in [-0.15, -0.1) is 0 Å². The summed E-state index contributed by atoms with van der Waals surface area (Å²) in [6.45, 7) is 4.57. The first-order valence-corrected chi connectivity index (χ1v) is 10.8. The van der Waals surface area contributed by atoms with Gasteiger partial charge in [0.25, 0.3) is 11.7 Å². The lowest BCUT2D eigenvalue weighted by atomic mass is 9.95. The van der Waals surface area contributed by atoms with Gasteiger partial charge in [0.1, 0.15) is 5.76 Å². The van der Waals surface area contributed by atoms with Crippen molar-refractivity contribution in [1.29, 1.82) is 0 Å². The molecule has 164 valence electrons. The van der Waals surface area contributed by atoms with Gasteiger partial charge < -0.3 is 19.8 Å². The highest BCUT2D eigenvalue weighted by Gasteiger charge is 2.46. The molecule has 0 radical (unpaired) electrons. The summed E-state index contributed by atoms with van der Waals surface area (Å²) in [5.41, 5.74) is 0.922. The van der Waals surface area contributed by atoms with Crippen LogP contribution in [0, 0.1) is 0 Å². The third kappa shape index (κ3) is 4.69. The molecule has 1 aliphatic rings. The largest absolute Gasteiger partial charge is 0.507 e. The molecule has 1 aliphatic heterocycles. The lowest BCUT2D eigenvalue weighted by Crippen LogP contribution is -2.30. The summed E-state index contributed by atoms with van der Waals surface area (Å²) < 4.78 is 5.49. The Morgan fingerprint density at radius 3 is 2.58 bits per heavy atom. The fourth-order valence-electron chi connectivity index (χ4n) is 3.75. The molecule has 3 rings (SSSR count). The van der Waals surface area contributed by atoms with Gasteiger partial charge in [-0.1, -0.05) is 49.6 Å². The Kier molecular flexibility index (Phi) is 7.23. The minimum Gasteiger partial charge on any atom is -0.507 e. The van der Waals surface area contributed by atoms with Crippen molar-refractivity contribution >= 4 is 29.1 Å². The van der Waals surface area contributed by atoms with Gasteiger partial charge in [0.15, 0.2) is 11.5 Å². The molecule has 1 atom stereocenters. The molecule has 1 heterocycles. The van der Waals surface area contributed by atoms with E-state index in [1.165, 1.54) is 11.0 Å². The topological polar surface area (TPSA) is 87.1 Å². The molecule has 2 aromatic rings. The number of halogens is 1. The predicted octanol–water partition coefficient (Wildman–Crippen LogP) is 5.06. The summed E-state index contributed by atoms with van der Waals surface area (Å²) in [6, 6.07) is 10.4. The van der Waals surface area contributed by atoms with Crippen LogP contribution in [0.3, 0.4) is 0 Å². The Morgan fingerprint density at radius 1 is 1.13 bits per heavy atom. The molecular formula is C24H26ClNO5. The van der Waals surface area contributed by atoms with E-state index in [2.05, 4.69) is 6.92 Å². The van der Waals surface area contributed by atoms with E-state index < -0.39 is 17.7 Å². The number of aliphatic hydroxyl groups is 1. The Balaban J connectivity index is 2.16. The quantitative estimate of drug-likeness (QED) is 0.258. The number of unbranched alkanes of at least 4 members (excludes halogenated alkanes) is 2. The lowest BCUT2D eigenvalue weighted by molar-refractivity contribution is -0.139. The van der Waals surface area contributed by atoms with Crippen molar-refractivity contribution in [2.75, 3.05) is 13.2 Å². The standard InChI is InChI=1S/C24H26ClNO5/c1-3-5-6-12-26-21(15-10-11-18(27)19(14-15)31-4-2)20(23(29)24(26)30)22(28)16-8-7-9-17(25)13-16/h7-11,13-14,21,27-28H,3-6,12H2,1-2H3/b22-20-. The monoisotopic (exact) mass is 443 g/mol. The zero-order valence-corrected chi connectivity index (χ0v) is 18.4. The van der Waals surface area contributed by atoms with Crippen molar-refractivity contribution in [3.05, 3.63) is 64.2 Å². The van der Waals surface area contributed by atoms with Crippen LogP contribution in [0.1, 0.15) is 50.3 Å². The number of phenolic OH excluding ortho intramolecular Hbond substituents is 1. The summed E-state index contributed by atoms with van der Waals surface area (Å²) in [5.74, 6) is -1.47. The van der Waals surface area contributed by atoms with Gasteiger partial charge >= 0.3 is 0 Å². The van der Waals surface area contributed by atoms with E-state index >= 15 is 0 Å². The SMILES string of the molecule is CCCCCN1C(=O)C(=O)/C(=C(\O)c2cccc(Cl)c2)C1c1ccc(O)c(OCC)c1. The second-order valence-electron chi connectivity index (χ2n) is 7.37. The second-order valence-corrected chi connectivity index (χ2v) is 7.81. The molecule has 0 saturated carbocycles. The van der Waals surface area contributed by atoms with Crippen LogP contribution in [0.5, 0.6) is 11.5 Å². The van der Waals surface area contributed by atoms with Crippen LogP contribution in [0.2, 0.25) is 5.02 Å². The first-order valence-electron chi connectivity index (χ1n) is 10.4. The van der Waals surface area contributed by atoms with Gasteiger partial charge in [0, 0.05) is 17.1 Å². The van der Waals surface area contributed by atoms with Crippen LogP contribution in [-0.4, -0.2) is 40.0 Å². The van der Waals surface area contributed by atoms with Crippen molar-refractivity contribution in [3.8, 4) is 11.5 Å². The van der Waals surface area contributed by atoms with Crippen molar-refractivity contribution in [2.24, 2.45) is 0 Å². The average molecular weight is 444 g/mol. The van der Waals surface area contributed by atoms with Crippen LogP contribution < -0.4 is 4.74 Å². The summed E-state index contributed by atoms with van der Waals surface area (Å²) in [4.78, 5) is 27.4. The van der Waals surface area contributed by atoms with Gasteiger partial charge in [-0.05, 0) is 43.2 Å². The number of hydrogen-bond donors (Lipinski definition) is 2. The number of ketones is 1. The van der Waals surface area contributed by atoms with Gasteiger partial charge in [-0.25, -0.2) is 0 Å². The fourth-order valence-corrected chi connectivity index (χ4v) is 3.94. The average Bonchev–Trinajstić information content (AvgIpc) is 3.00. The molecule has 0 aromatic heterocycles. The minimum absolute atomic E-state index is 0.00287. The molecule has 2 aromatic carbocycles. The lowest BCUT2D eigenvalue weighted by Gasteiger charge is -2.26. The molecule has 7 heteroatoms. The zero-order valence-electron chi connectivity index (χ0n) is 17.6. The maximum Gasteiger partial charge on any atom is 0.295 e. The number of nitrogens with zero attached hydrogens (tertiary/aromatic N) is 1. The maximum absolute atomic E-state index is 13.0. The number of aliphatic hydroxyl groups excluding tert-OH is 1. The normalized spacial score (nSPS) is 17.9. The van der Waals surface area contributed by atoms with Gasteiger partial charge in [-0.3, -0.25) is 9.59 Å². The van der Waals surface area contributed by atoms with E-state index in [1.54, 1.807) is 43.3 Å². The molecular weight excluding hydrogens is 418 g/mol. The second kappa shape index (κ2) is 9.88. The maximum atomic E-state index is 13.0. The van der Waals surface area contributed by atoms with Crippen LogP contribution in [0.25, 0.3) is 5.76 Å². The van der Waals surface area contributed by atoms with E-state index in [1.807, 2.05) is 0 Å². The first-order chi connectivity index (χ1) is 14.9. The zero-order chi connectivity index (χ0) is 22.5. The third-order valence-corrected chi connectivity index (χ3v) is 5.48. The number of rotatable bonds is 8. The Labute approximate surface area is 186 Å². The van der Waals surface area contributed by atoms with E-state index in [-0.39, 0.29) is 22.8 Å². The van der Waals surface area contributed by atoms with Gasteiger partial charge in [0.05, 0.1) is 18.2 Å². The highest BCUT2D eigenvalue weighted by molar-refractivity contribution is 6.46. The Hall–Kier alpha value is -2.99. The van der Waals surface area contributed by atoms with Crippen molar-refractivity contribution in [3.63, 3.8) is 0 Å². The van der Waals surface area contributed by atoms with E-state index in [9.17, 15) is 19.8 Å². The molecule has 1 amide bonds.